The number of carbonyl (C=O) groups is 1. The number of urea groups is 1. The van der Waals surface area contributed by atoms with Crippen LogP contribution < -0.4 is 15.5 Å². The van der Waals surface area contributed by atoms with Crippen molar-refractivity contribution in [3.63, 3.8) is 0 Å². The molecule has 6 heteroatoms. The molecule has 0 atom stereocenters. The van der Waals surface area contributed by atoms with Gasteiger partial charge in [0, 0.05) is 24.8 Å². The number of benzene rings is 1. The highest BCUT2D eigenvalue weighted by molar-refractivity contribution is 6.02. The molecular formula is C23H25N5O. The fraction of sp³-hybridized carbons (Fsp3) is 0.261. The first-order valence-corrected chi connectivity index (χ1v) is 9.96. The summed E-state index contributed by atoms with van der Waals surface area (Å²) in [5.74, 6) is 1.61. The summed E-state index contributed by atoms with van der Waals surface area (Å²) >= 11 is 0. The molecule has 148 valence electrons. The molecule has 0 unspecified atom stereocenters. The summed E-state index contributed by atoms with van der Waals surface area (Å²) in [5, 5.41) is 6.25. The van der Waals surface area contributed by atoms with Crippen molar-refractivity contribution in [1.82, 2.24) is 9.97 Å². The highest BCUT2D eigenvalue weighted by Crippen LogP contribution is 2.31. The van der Waals surface area contributed by atoms with Gasteiger partial charge in [0.05, 0.1) is 11.4 Å². The van der Waals surface area contributed by atoms with Crippen LogP contribution in [0.3, 0.4) is 0 Å². The van der Waals surface area contributed by atoms with E-state index in [9.17, 15) is 4.79 Å². The van der Waals surface area contributed by atoms with Gasteiger partial charge in [0.2, 0.25) is 0 Å². The van der Waals surface area contributed by atoms with E-state index in [1.54, 1.807) is 17.2 Å². The van der Waals surface area contributed by atoms with Crippen LogP contribution in [0.2, 0.25) is 0 Å². The van der Waals surface area contributed by atoms with E-state index in [2.05, 4.69) is 53.7 Å². The predicted octanol–water partition coefficient (Wildman–Crippen LogP) is 5.12. The average molecular weight is 387 g/mol. The molecule has 0 fully saturated rings. The van der Waals surface area contributed by atoms with Gasteiger partial charge in [-0.3, -0.25) is 10.2 Å². The Labute approximate surface area is 171 Å². The lowest BCUT2D eigenvalue weighted by molar-refractivity contribution is 0.256. The van der Waals surface area contributed by atoms with E-state index in [1.807, 2.05) is 24.3 Å². The largest absolute Gasteiger partial charge is 0.382 e. The highest BCUT2D eigenvalue weighted by Gasteiger charge is 2.23. The molecule has 0 aliphatic carbocycles. The van der Waals surface area contributed by atoms with Crippen LogP contribution >= 0.6 is 0 Å². The SMILES string of the molecule is CC(C)c1cccc(-c2ccc3c(n2)N(C(=O)Nc2ccccn2)CCCN3)c1. The van der Waals surface area contributed by atoms with Gasteiger partial charge >= 0.3 is 6.03 Å². The number of rotatable bonds is 3. The number of nitrogens with zero attached hydrogens (tertiary/aromatic N) is 3. The van der Waals surface area contributed by atoms with Crippen LogP contribution in [0, 0.1) is 0 Å². The van der Waals surface area contributed by atoms with Crippen molar-refractivity contribution in [2.45, 2.75) is 26.2 Å². The number of pyridine rings is 2. The van der Waals surface area contributed by atoms with Gasteiger partial charge in [0.15, 0.2) is 5.82 Å². The molecule has 0 bridgehead atoms. The molecule has 1 aromatic carbocycles. The fourth-order valence-electron chi connectivity index (χ4n) is 3.39. The van der Waals surface area contributed by atoms with Gasteiger partial charge < -0.3 is 5.32 Å². The Morgan fingerprint density at radius 1 is 1.14 bits per heavy atom. The third kappa shape index (κ3) is 4.21. The van der Waals surface area contributed by atoms with E-state index in [0.717, 1.165) is 29.9 Å². The maximum absolute atomic E-state index is 13.0. The number of nitrogens with one attached hydrogen (secondary N) is 2. The van der Waals surface area contributed by atoms with E-state index < -0.39 is 0 Å². The molecule has 1 aliphatic rings. The van der Waals surface area contributed by atoms with Crippen molar-refractivity contribution in [3.8, 4) is 11.3 Å². The Bertz CT molecular complexity index is 1000. The zero-order valence-corrected chi connectivity index (χ0v) is 16.7. The average Bonchev–Trinajstić information content (AvgIpc) is 2.96. The Morgan fingerprint density at radius 3 is 2.83 bits per heavy atom. The molecular weight excluding hydrogens is 362 g/mol. The van der Waals surface area contributed by atoms with Crippen molar-refractivity contribution < 1.29 is 4.79 Å². The van der Waals surface area contributed by atoms with Crippen LogP contribution in [0.25, 0.3) is 11.3 Å². The molecule has 2 aromatic heterocycles. The Morgan fingerprint density at radius 2 is 2.03 bits per heavy atom. The molecule has 6 nitrogen and oxygen atoms in total. The third-order valence-corrected chi connectivity index (χ3v) is 5.00. The van der Waals surface area contributed by atoms with Gasteiger partial charge in [-0.1, -0.05) is 38.1 Å². The van der Waals surface area contributed by atoms with Crippen LogP contribution in [0.4, 0.5) is 22.1 Å². The standard InChI is InChI=1S/C23H25N5O/c1-16(2)17-7-5-8-18(15-17)19-10-11-20-22(26-19)28(14-6-13-24-20)23(29)27-21-9-3-4-12-25-21/h3-5,7-12,15-16,24H,6,13-14H2,1-2H3,(H,25,27,29). The first kappa shape index (κ1) is 18.9. The smallest absolute Gasteiger partial charge is 0.328 e. The van der Waals surface area contributed by atoms with Crippen molar-refractivity contribution >= 4 is 23.4 Å². The first-order valence-electron chi connectivity index (χ1n) is 9.96. The molecule has 0 saturated carbocycles. The summed E-state index contributed by atoms with van der Waals surface area (Å²) in [6.45, 7) is 5.74. The highest BCUT2D eigenvalue weighted by atomic mass is 16.2. The number of hydrogen-bond donors (Lipinski definition) is 2. The van der Waals surface area contributed by atoms with Gasteiger partial charge in [0.25, 0.3) is 0 Å². The molecule has 0 radical (unpaired) electrons. The van der Waals surface area contributed by atoms with Crippen LogP contribution in [-0.2, 0) is 0 Å². The van der Waals surface area contributed by atoms with Crippen LogP contribution in [0.1, 0.15) is 31.7 Å². The number of amides is 2. The predicted molar refractivity (Wildman–Crippen MR) is 117 cm³/mol. The molecule has 4 rings (SSSR count). The molecule has 1 aliphatic heterocycles. The minimum atomic E-state index is -0.228. The lowest BCUT2D eigenvalue weighted by Crippen LogP contribution is -2.36. The van der Waals surface area contributed by atoms with Gasteiger partial charge in [-0.2, -0.15) is 0 Å². The van der Waals surface area contributed by atoms with Crippen LogP contribution in [-0.4, -0.2) is 29.1 Å². The fourth-order valence-corrected chi connectivity index (χ4v) is 3.39. The summed E-state index contributed by atoms with van der Waals surface area (Å²) in [6.07, 6.45) is 2.50. The van der Waals surface area contributed by atoms with Crippen molar-refractivity contribution in [2.75, 3.05) is 28.6 Å². The molecule has 2 N–H and O–H groups in total. The van der Waals surface area contributed by atoms with E-state index in [-0.39, 0.29) is 6.03 Å². The van der Waals surface area contributed by atoms with E-state index in [4.69, 9.17) is 4.98 Å². The third-order valence-electron chi connectivity index (χ3n) is 5.00. The number of anilines is 3. The molecule has 3 heterocycles. The number of carbonyl (C=O) groups excluding carboxylic acids is 1. The monoisotopic (exact) mass is 387 g/mol. The summed E-state index contributed by atoms with van der Waals surface area (Å²) in [4.78, 5) is 23.7. The maximum atomic E-state index is 13.0. The zero-order chi connectivity index (χ0) is 20.2. The van der Waals surface area contributed by atoms with Crippen molar-refractivity contribution in [1.29, 1.82) is 0 Å². The normalized spacial score (nSPS) is 13.4. The van der Waals surface area contributed by atoms with Gasteiger partial charge in [-0.25, -0.2) is 14.8 Å². The Balaban J connectivity index is 1.68. The topological polar surface area (TPSA) is 70.2 Å². The van der Waals surface area contributed by atoms with E-state index in [0.29, 0.717) is 24.1 Å². The lowest BCUT2D eigenvalue weighted by atomic mass is 9.99. The minimum absolute atomic E-state index is 0.228. The molecule has 0 spiro atoms. The Kier molecular flexibility index (Phi) is 5.42. The molecule has 0 saturated heterocycles. The Hall–Kier alpha value is -3.41. The van der Waals surface area contributed by atoms with Crippen LogP contribution in [0.15, 0.2) is 60.8 Å². The van der Waals surface area contributed by atoms with Gasteiger partial charge in [-0.05, 0) is 48.2 Å². The zero-order valence-electron chi connectivity index (χ0n) is 16.7. The number of aromatic nitrogens is 2. The van der Waals surface area contributed by atoms with E-state index >= 15 is 0 Å². The second-order valence-electron chi connectivity index (χ2n) is 7.42. The summed E-state index contributed by atoms with van der Waals surface area (Å²) in [6, 6.07) is 17.6. The second-order valence-corrected chi connectivity index (χ2v) is 7.42. The van der Waals surface area contributed by atoms with Crippen molar-refractivity contribution in [3.05, 3.63) is 66.4 Å². The maximum Gasteiger partial charge on any atom is 0.328 e. The van der Waals surface area contributed by atoms with Gasteiger partial charge in [0.1, 0.15) is 5.82 Å². The summed E-state index contributed by atoms with van der Waals surface area (Å²) in [5.41, 5.74) is 4.03. The number of hydrogen-bond acceptors (Lipinski definition) is 4. The molecule has 29 heavy (non-hydrogen) atoms. The van der Waals surface area contributed by atoms with Crippen molar-refractivity contribution in [2.24, 2.45) is 0 Å². The summed E-state index contributed by atoms with van der Waals surface area (Å²) < 4.78 is 0. The second kappa shape index (κ2) is 8.31. The number of fused-ring (bicyclic) bond motifs is 1. The lowest BCUT2D eigenvalue weighted by Gasteiger charge is -2.22. The molecule has 2 amide bonds. The minimum Gasteiger partial charge on any atom is -0.382 e. The quantitative estimate of drug-likeness (QED) is 0.654. The van der Waals surface area contributed by atoms with Gasteiger partial charge in [-0.15, -0.1) is 0 Å². The first-order chi connectivity index (χ1) is 14.1. The van der Waals surface area contributed by atoms with Crippen LogP contribution in [0.5, 0.6) is 0 Å². The van der Waals surface area contributed by atoms with E-state index in [1.165, 1.54) is 5.56 Å². The molecule has 3 aromatic rings. The summed E-state index contributed by atoms with van der Waals surface area (Å²) in [7, 11) is 0.